The molecule has 14 rings (SSSR count). The molecule has 4 bridgehead atoms. The third-order valence-corrected chi connectivity index (χ3v) is 18.1. The summed E-state index contributed by atoms with van der Waals surface area (Å²) in [4.78, 5) is 74.9. The van der Waals surface area contributed by atoms with Crippen LogP contribution in [-0.2, 0) is 38.3 Å². The lowest BCUT2D eigenvalue weighted by molar-refractivity contribution is -0.139. The molecule has 73 heavy (non-hydrogen) atoms. The van der Waals surface area contributed by atoms with E-state index in [4.69, 9.17) is 19.4 Å². The van der Waals surface area contributed by atoms with Crippen LogP contribution < -0.4 is 10.6 Å². The van der Waals surface area contributed by atoms with Gasteiger partial charge >= 0.3 is 12.2 Å². The number of hydrogen-bond donors (Lipinski definition) is 4. The van der Waals surface area contributed by atoms with E-state index in [9.17, 15) is 19.2 Å². The summed E-state index contributed by atoms with van der Waals surface area (Å²) in [5, 5.41) is 5.65. The monoisotopic (exact) mass is 1020 g/mol. The average molecular weight is 1020 g/mol. The molecule has 9 atom stereocenters. The number of thioether (sulfide) groups is 2. The van der Waals surface area contributed by atoms with E-state index in [0.29, 0.717) is 24.7 Å². The number of fused-ring (bicyclic) bond motifs is 4. The number of imidazole rings is 2. The second-order valence-electron chi connectivity index (χ2n) is 21.0. The van der Waals surface area contributed by atoms with E-state index < -0.39 is 24.3 Å². The molecule has 2 aromatic heterocycles. The van der Waals surface area contributed by atoms with Crippen LogP contribution in [0.3, 0.4) is 0 Å². The molecule has 16 heteroatoms. The number of rotatable bonds is 14. The summed E-state index contributed by atoms with van der Waals surface area (Å²) < 4.78 is 9.83. The molecule has 14 nitrogen and oxygen atoms in total. The lowest BCUT2D eigenvalue weighted by atomic mass is 9.80. The van der Waals surface area contributed by atoms with E-state index in [-0.39, 0.29) is 41.9 Å². The number of likely N-dealkylation sites (tertiary alicyclic amines) is 2. The fourth-order valence-corrected chi connectivity index (χ4v) is 13.5. The first-order valence-corrected chi connectivity index (χ1v) is 28.9. The zero-order chi connectivity index (χ0) is 50.5. The Kier molecular flexibility index (Phi) is 14.0. The largest absolute Gasteiger partial charge is 0.453 e. The van der Waals surface area contributed by atoms with Gasteiger partial charge in [-0.05, 0) is 181 Å². The minimum Gasteiger partial charge on any atom is -0.453 e. The fraction of sp³-hybridized carbons (Fsp3) is 0.474. The number of aryl methyl sites for hydroxylation is 2. The fourth-order valence-electron chi connectivity index (χ4n) is 12.6. The Balaban J connectivity index is 0.844. The van der Waals surface area contributed by atoms with Crippen LogP contribution in [0.5, 0.6) is 0 Å². The number of H-pyrrole nitrogens is 2. The summed E-state index contributed by atoms with van der Waals surface area (Å²) in [5.74, 6) is 4.04. The Morgan fingerprint density at radius 1 is 0.658 bits per heavy atom. The lowest BCUT2D eigenvalue weighted by Crippen LogP contribution is -2.53. The molecule has 8 aliphatic rings. The van der Waals surface area contributed by atoms with Crippen molar-refractivity contribution in [1.82, 2.24) is 40.4 Å². The summed E-state index contributed by atoms with van der Waals surface area (Å²) in [6, 6.07) is 25.6. The van der Waals surface area contributed by atoms with Crippen molar-refractivity contribution in [3.63, 3.8) is 0 Å². The van der Waals surface area contributed by atoms with E-state index in [1.54, 1.807) is 23.5 Å². The molecular weight excluding hydrogens is 957 g/mol. The van der Waals surface area contributed by atoms with Crippen molar-refractivity contribution in [3.05, 3.63) is 107 Å². The van der Waals surface area contributed by atoms with Crippen LogP contribution in [0.25, 0.3) is 44.3 Å². The number of amides is 4. The normalized spacial score (nSPS) is 23.7. The van der Waals surface area contributed by atoms with Gasteiger partial charge in [0, 0.05) is 12.1 Å². The minimum absolute atomic E-state index is 0.0618. The second-order valence-corrected chi connectivity index (χ2v) is 22.9. The van der Waals surface area contributed by atoms with E-state index in [1.807, 2.05) is 22.3 Å². The van der Waals surface area contributed by atoms with Gasteiger partial charge in [0.25, 0.3) is 0 Å². The molecule has 2 saturated heterocycles. The molecule has 6 aliphatic carbocycles. The highest BCUT2D eigenvalue weighted by molar-refractivity contribution is 7.98. The Hall–Kier alpha value is -6.00. The topological polar surface area (TPSA) is 175 Å². The molecule has 4 heterocycles. The van der Waals surface area contributed by atoms with Crippen LogP contribution in [0.4, 0.5) is 9.59 Å². The van der Waals surface area contributed by atoms with Crippen LogP contribution >= 0.6 is 23.5 Å². The van der Waals surface area contributed by atoms with Gasteiger partial charge in [-0.15, -0.1) is 0 Å². The van der Waals surface area contributed by atoms with Gasteiger partial charge in [-0.25, -0.2) is 19.6 Å². The Morgan fingerprint density at radius 3 is 1.67 bits per heavy atom. The number of benzene rings is 4. The zero-order valence-electron chi connectivity index (χ0n) is 42.4. The van der Waals surface area contributed by atoms with Gasteiger partial charge in [0.1, 0.15) is 23.7 Å². The maximum Gasteiger partial charge on any atom is 0.407 e. The summed E-state index contributed by atoms with van der Waals surface area (Å²) in [6.07, 6.45) is 12.3. The molecule has 382 valence electrons. The quantitative estimate of drug-likeness (QED) is 0.0822. The van der Waals surface area contributed by atoms with Gasteiger partial charge in [0.2, 0.25) is 11.8 Å². The first kappa shape index (κ1) is 49.2. The van der Waals surface area contributed by atoms with Crippen LogP contribution in [0.1, 0.15) is 110 Å². The molecule has 2 aliphatic heterocycles. The highest BCUT2D eigenvalue weighted by atomic mass is 32.2. The summed E-state index contributed by atoms with van der Waals surface area (Å²) in [5.41, 5.74) is 13.5. The summed E-state index contributed by atoms with van der Waals surface area (Å²) in [7, 11) is 2.66. The summed E-state index contributed by atoms with van der Waals surface area (Å²) in [6.45, 7) is 2.32. The van der Waals surface area contributed by atoms with Crippen molar-refractivity contribution in [3.8, 4) is 22.3 Å². The minimum atomic E-state index is -0.658. The van der Waals surface area contributed by atoms with E-state index >= 15 is 0 Å². The van der Waals surface area contributed by atoms with Crippen molar-refractivity contribution in [1.29, 1.82) is 0 Å². The maximum atomic E-state index is 14.3. The molecule has 0 radical (unpaired) electrons. The molecule has 4 N–H and O–H groups in total. The molecule has 4 amide bonds. The Morgan fingerprint density at radius 2 is 1.18 bits per heavy atom. The molecule has 2 saturated carbocycles. The standard InChI is InChI=1S/C57H66N8O6S2/c1-31-24-35-9-7-32(25-40(35)36-12-16-42-46(27-36)60-52(58-42)50-29-38-14-18-48(38)64(50)54(66)44(20-22-72-4)62-56(68)70-2)6-8-33-10-11-34(31)26-41(33)37-13-17-43-47(28-37)61-53(59-43)51-30-39-15-19-49(39)65(51)55(67)45(21-23-73-5)63-57(69)71-3/h7,9-13,16-17,25-28,31,38-39,44-45,48-51H,6,8,14-15,18-24,29-30H2,1-5H3,(H,58,60)(H,59,61)(H,62,68)(H,63,69). The third kappa shape index (κ3) is 9.47. The Labute approximate surface area is 435 Å². The number of methoxy groups -OCH3 is 2. The van der Waals surface area contributed by atoms with Gasteiger partial charge in [-0.3, -0.25) is 9.59 Å². The number of carbonyl (C=O) groups excluding carboxylic acids is 4. The molecular formula is C57H66N8O6S2. The van der Waals surface area contributed by atoms with Crippen molar-refractivity contribution in [2.45, 2.75) is 120 Å². The van der Waals surface area contributed by atoms with E-state index in [1.165, 1.54) is 47.6 Å². The number of alkyl carbamates (subject to hydrolysis) is 2. The SMILES string of the molecule is COC(=O)NC(CCSC)C(=O)N1C(c2nc3ccc(-c4cc5ccc4CCc4ccc(c(-c6ccc7nc(C8CC9CCC9N8C(=O)C(CCSC)NC(=O)OC)[nH]c7c6)c4)CC5C)cc3[nH]2)CC2CCC21. The smallest absolute Gasteiger partial charge is 0.407 e. The van der Waals surface area contributed by atoms with Crippen LogP contribution in [0.2, 0.25) is 0 Å². The Bertz CT molecular complexity index is 3080. The van der Waals surface area contributed by atoms with E-state index in [0.717, 1.165) is 114 Å². The third-order valence-electron chi connectivity index (χ3n) is 16.8. The number of carbonyl (C=O) groups is 4. The van der Waals surface area contributed by atoms with Crippen LogP contribution in [-0.4, -0.2) is 116 Å². The average Bonchev–Trinajstić information content (AvgIpc) is 4.14. The predicted octanol–water partition coefficient (Wildman–Crippen LogP) is 10.3. The second kappa shape index (κ2) is 20.7. The first-order chi connectivity index (χ1) is 35.5. The molecule has 4 fully saturated rings. The highest BCUT2D eigenvalue weighted by Gasteiger charge is 2.52. The lowest BCUT2D eigenvalue weighted by Gasteiger charge is -2.38. The number of nitrogens with one attached hydrogen (secondary N) is 4. The molecule has 6 aromatic rings. The van der Waals surface area contributed by atoms with Gasteiger partial charge in [-0.2, -0.15) is 23.5 Å². The van der Waals surface area contributed by atoms with Gasteiger partial charge in [-0.1, -0.05) is 55.5 Å². The summed E-state index contributed by atoms with van der Waals surface area (Å²) >= 11 is 3.31. The van der Waals surface area contributed by atoms with Crippen molar-refractivity contribution in [2.75, 3.05) is 38.2 Å². The van der Waals surface area contributed by atoms with Gasteiger partial charge in [0.15, 0.2) is 0 Å². The number of ether oxygens (including phenoxy) is 2. The van der Waals surface area contributed by atoms with Crippen LogP contribution in [0.15, 0.2) is 72.8 Å². The van der Waals surface area contributed by atoms with Crippen molar-refractivity contribution in [2.24, 2.45) is 11.8 Å². The number of hydrogen-bond acceptors (Lipinski definition) is 10. The van der Waals surface area contributed by atoms with E-state index in [2.05, 4.69) is 100 Å². The number of aromatic amines is 2. The van der Waals surface area contributed by atoms with Crippen LogP contribution in [0, 0.1) is 11.8 Å². The van der Waals surface area contributed by atoms with Crippen molar-refractivity contribution >= 4 is 69.6 Å². The maximum absolute atomic E-state index is 14.3. The molecule has 4 aromatic carbocycles. The van der Waals surface area contributed by atoms with Crippen molar-refractivity contribution < 1.29 is 28.7 Å². The highest BCUT2D eigenvalue weighted by Crippen LogP contribution is 2.51. The molecule has 0 spiro atoms. The zero-order valence-corrected chi connectivity index (χ0v) is 44.0. The number of aromatic nitrogens is 4. The molecule has 9 unspecified atom stereocenters. The van der Waals surface area contributed by atoms with Gasteiger partial charge in [0.05, 0.1) is 48.4 Å². The van der Waals surface area contributed by atoms with Gasteiger partial charge < -0.3 is 39.9 Å². The number of nitrogens with zero attached hydrogens (tertiary/aromatic N) is 4. The first-order valence-electron chi connectivity index (χ1n) is 26.1. The predicted molar refractivity (Wildman–Crippen MR) is 289 cm³/mol.